The summed E-state index contributed by atoms with van der Waals surface area (Å²) in [7, 11) is 0. The first-order valence-corrected chi connectivity index (χ1v) is 6.93. The Kier molecular flexibility index (Phi) is 6.35. The van der Waals surface area contributed by atoms with Gasteiger partial charge in [-0.15, -0.1) is 11.8 Å². The summed E-state index contributed by atoms with van der Waals surface area (Å²) in [6, 6.07) is 5.84. The molecule has 0 fully saturated rings. The molecule has 1 unspecified atom stereocenters. The molecule has 2 N–H and O–H groups in total. The monoisotopic (exact) mass is 285 g/mol. The van der Waals surface area contributed by atoms with E-state index in [0.29, 0.717) is 13.0 Å². The van der Waals surface area contributed by atoms with Crippen LogP contribution in [0.1, 0.15) is 18.9 Å². The van der Waals surface area contributed by atoms with Crippen LogP contribution in [0.15, 0.2) is 24.3 Å². The number of halogens is 1. The number of rotatable bonds is 7. The lowest BCUT2D eigenvalue weighted by molar-refractivity contribution is -0.136. The minimum absolute atomic E-state index is 0.103. The molecule has 1 amide bonds. The number of thioether (sulfide) groups is 1. The first-order valence-electron chi connectivity index (χ1n) is 5.88. The van der Waals surface area contributed by atoms with Gasteiger partial charge in [-0.3, -0.25) is 9.59 Å². The van der Waals surface area contributed by atoms with Crippen LogP contribution < -0.4 is 5.32 Å². The van der Waals surface area contributed by atoms with E-state index in [2.05, 4.69) is 5.32 Å². The van der Waals surface area contributed by atoms with E-state index < -0.39 is 11.2 Å². The van der Waals surface area contributed by atoms with E-state index in [1.54, 1.807) is 19.1 Å². The molecule has 0 aliphatic rings. The zero-order chi connectivity index (χ0) is 14.3. The Balaban J connectivity index is 2.31. The third-order valence-corrected chi connectivity index (χ3v) is 3.83. The molecule has 0 heterocycles. The van der Waals surface area contributed by atoms with Gasteiger partial charge in [0.2, 0.25) is 5.91 Å². The fraction of sp³-hybridized carbons (Fsp3) is 0.385. The lowest BCUT2D eigenvalue weighted by atomic mass is 10.2. The SMILES string of the molecule is CCC(SCC(=O)NCc1ccc(F)cc1)C(=O)O. The van der Waals surface area contributed by atoms with Crippen LogP contribution in [0.2, 0.25) is 0 Å². The van der Waals surface area contributed by atoms with Crippen molar-refractivity contribution in [2.75, 3.05) is 5.75 Å². The molecule has 0 aliphatic carbocycles. The van der Waals surface area contributed by atoms with Gasteiger partial charge in [0.05, 0.1) is 5.75 Å². The number of amides is 1. The molecule has 0 spiro atoms. The van der Waals surface area contributed by atoms with Crippen molar-refractivity contribution in [2.45, 2.75) is 25.1 Å². The second-order valence-corrected chi connectivity index (χ2v) is 5.14. The third-order valence-electron chi connectivity index (χ3n) is 2.46. The standard InChI is InChI=1S/C13H16FNO3S/c1-2-11(13(17)18)19-8-12(16)15-7-9-3-5-10(14)6-4-9/h3-6,11H,2,7-8H2,1H3,(H,15,16)(H,17,18). The Bertz CT molecular complexity index is 436. The molecule has 6 heteroatoms. The second kappa shape index (κ2) is 7.78. The van der Waals surface area contributed by atoms with Crippen molar-refractivity contribution in [1.82, 2.24) is 5.32 Å². The molecule has 0 bridgehead atoms. The van der Waals surface area contributed by atoms with Crippen LogP contribution in [0.4, 0.5) is 4.39 Å². The highest BCUT2D eigenvalue weighted by atomic mass is 32.2. The predicted molar refractivity (Wildman–Crippen MR) is 72.4 cm³/mol. The summed E-state index contributed by atoms with van der Waals surface area (Å²) in [6.07, 6.45) is 0.477. The normalized spacial score (nSPS) is 11.9. The predicted octanol–water partition coefficient (Wildman–Crippen LogP) is 2.04. The summed E-state index contributed by atoms with van der Waals surface area (Å²) in [5, 5.41) is 10.9. The van der Waals surface area contributed by atoms with Gasteiger partial charge >= 0.3 is 5.97 Å². The fourth-order valence-corrected chi connectivity index (χ4v) is 2.23. The van der Waals surface area contributed by atoms with Crippen LogP contribution in [-0.4, -0.2) is 28.0 Å². The van der Waals surface area contributed by atoms with Crippen molar-refractivity contribution in [3.8, 4) is 0 Å². The average molecular weight is 285 g/mol. The number of aliphatic carboxylic acids is 1. The van der Waals surface area contributed by atoms with E-state index >= 15 is 0 Å². The van der Waals surface area contributed by atoms with Crippen LogP contribution in [0, 0.1) is 5.82 Å². The maximum Gasteiger partial charge on any atom is 0.316 e. The van der Waals surface area contributed by atoms with Gasteiger partial charge in [-0.2, -0.15) is 0 Å². The molecule has 104 valence electrons. The molecule has 0 saturated heterocycles. The van der Waals surface area contributed by atoms with Gasteiger partial charge in [0, 0.05) is 6.54 Å². The molecule has 0 saturated carbocycles. The van der Waals surface area contributed by atoms with Crippen LogP contribution in [-0.2, 0) is 16.1 Å². The number of hydrogen-bond acceptors (Lipinski definition) is 3. The quantitative estimate of drug-likeness (QED) is 0.804. The second-order valence-electron chi connectivity index (χ2n) is 3.95. The molecule has 0 aromatic heterocycles. The van der Waals surface area contributed by atoms with E-state index in [1.807, 2.05) is 0 Å². The molecule has 0 radical (unpaired) electrons. The average Bonchev–Trinajstić information content (AvgIpc) is 2.38. The smallest absolute Gasteiger partial charge is 0.316 e. The van der Waals surface area contributed by atoms with E-state index in [9.17, 15) is 14.0 Å². The summed E-state index contributed by atoms with van der Waals surface area (Å²) in [5.74, 6) is -1.35. The number of carboxylic acid groups (broad SMARTS) is 1. The van der Waals surface area contributed by atoms with Crippen LogP contribution in [0.3, 0.4) is 0 Å². The van der Waals surface area contributed by atoms with Gasteiger partial charge < -0.3 is 10.4 Å². The van der Waals surface area contributed by atoms with Crippen molar-refractivity contribution in [3.63, 3.8) is 0 Å². The Morgan fingerprint density at radius 2 is 2.00 bits per heavy atom. The number of carboxylic acids is 1. The Labute approximate surface area is 115 Å². The molecule has 1 atom stereocenters. The van der Waals surface area contributed by atoms with Gasteiger partial charge in [0.25, 0.3) is 0 Å². The molecule has 0 aliphatic heterocycles. The first-order chi connectivity index (χ1) is 9.02. The van der Waals surface area contributed by atoms with Gasteiger partial charge in [-0.1, -0.05) is 19.1 Å². The molecular weight excluding hydrogens is 269 g/mol. The van der Waals surface area contributed by atoms with Crippen molar-refractivity contribution in [2.24, 2.45) is 0 Å². The number of nitrogens with one attached hydrogen (secondary N) is 1. The minimum Gasteiger partial charge on any atom is -0.480 e. The molecule has 4 nitrogen and oxygen atoms in total. The summed E-state index contributed by atoms with van der Waals surface area (Å²) in [5.41, 5.74) is 0.796. The number of hydrogen-bond donors (Lipinski definition) is 2. The zero-order valence-corrected chi connectivity index (χ0v) is 11.4. The van der Waals surface area contributed by atoms with Crippen molar-refractivity contribution in [1.29, 1.82) is 0 Å². The fourth-order valence-electron chi connectivity index (χ4n) is 1.39. The van der Waals surface area contributed by atoms with Gasteiger partial charge in [0.1, 0.15) is 11.1 Å². The van der Waals surface area contributed by atoms with Crippen LogP contribution in [0.25, 0.3) is 0 Å². The van der Waals surface area contributed by atoms with Gasteiger partial charge in [0.15, 0.2) is 0 Å². The highest BCUT2D eigenvalue weighted by molar-refractivity contribution is 8.01. The molecule has 1 aromatic rings. The molecule has 19 heavy (non-hydrogen) atoms. The van der Waals surface area contributed by atoms with Crippen molar-refractivity contribution in [3.05, 3.63) is 35.6 Å². The first kappa shape index (κ1) is 15.5. The summed E-state index contributed by atoms with van der Waals surface area (Å²) < 4.78 is 12.7. The Morgan fingerprint density at radius 1 is 1.37 bits per heavy atom. The number of carbonyl (C=O) groups excluding carboxylic acids is 1. The molecule has 1 aromatic carbocycles. The Hall–Kier alpha value is -1.56. The van der Waals surface area contributed by atoms with E-state index in [1.165, 1.54) is 12.1 Å². The largest absolute Gasteiger partial charge is 0.480 e. The summed E-state index contributed by atoms with van der Waals surface area (Å²) in [6.45, 7) is 2.08. The van der Waals surface area contributed by atoms with E-state index in [0.717, 1.165) is 17.3 Å². The number of benzene rings is 1. The zero-order valence-electron chi connectivity index (χ0n) is 10.6. The maximum absolute atomic E-state index is 12.7. The van der Waals surface area contributed by atoms with E-state index in [-0.39, 0.29) is 17.5 Å². The lowest BCUT2D eigenvalue weighted by Gasteiger charge is -2.09. The topological polar surface area (TPSA) is 66.4 Å². The summed E-state index contributed by atoms with van der Waals surface area (Å²) >= 11 is 1.10. The molecular formula is C13H16FNO3S. The Morgan fingerprint density at radius 3 is 2.53 bits per heavy atom. The van der Waals surface area contributed by atoms with E-state index in [4.69, 9.17) is 5.11 Å². The van der Waals surface area contributed by atoms with Crippen molar-refractivity contribution < 1.29 is 19.1 Å². The van der Waals surface area contributed by atoms with Crippen LogP contribution in [0.5, 0.6) is 0 Å². The maximum atomic E-state index is 12.7. The highest BCUT2D eigenvalue weighted by Gasteiger charge is 2.16. The number of carbonyl (C=O) groups is 2. The molecule has 1 rings (SSSR count). The minimum atomic E-state index is -0.904. The van der Waals surface area contributed by atoms with Crippen molar-refractivity contribution >= 4 is 23.6 Å². The van der Waals surface area contributed by atoms with Gasteiger partial charge in [-0.25, -0.2) is 4.39 Å². The lowest BCUT2D eigenvalue weighted by Crippen LogP contribution is -2.27. The van der Waals surface area contributed by atoms with Crippen LogP contribution >= 0.6 is 11.8 Å². The highest BCUT2D eigenvalue weighted by Crippen LogP contribution is 2.14. The van der Waals surface area contributed by atoms with Gasteiger partial charge in [-0.05, 0) is 24.1 Å². The third kappa shape index (κ3) is 5.74. The summed E-state index contributed by atoms with van der Waals surface area (Å²) in [4.78, 5) is 22.3.